The number of carbonyl (C=O) groups is 2. The van der Waals surface area contributed by atoms with Crippen LogP contribution in [-0.2, 0) is 9.53 Å². The number of carbonyl (C=O) groups excluding carboxylic acids is 2. The van der Waals surface area contributed by atoms with Crippen molar-refractivity contribution in [2.75, 3.05) is 23.8 Å². The Morgan fingerprint density at radius 1 is 1.23 bits per heavy atom. The number of anilines is 2. The lowest BCUT2D eigenvalue weighted by molar-refractivity contribution is -0.166. The molecule has 0 saturated heterocycles. The van der Waals surface area contributed by atoms with Gasteiger partial charge in [-0.05, 0) is 32.0 Å². The number of urea groups is 1. The Balaban J connectivity index is 0.00000338. The summed E-state index contributed by atoms with van der Waals surface area (Å²) < 4.78 is 5.66. The Kier molecular flexibility index (Phi) is 7.44. The Morgan fingerprint density at radius 2 is 1.85 bits per heavy atom. The Bertz CT molecular complexity index is 653. The van der Waals surface area contributed by atoms with E-state index in [4.69, 9.17) is 10.5 Å². The molecule has 1 aromatic carbocycles. The van der Waals surface area contributed by atoms with Gasteiger partial charge in [0, 0.05) is 36.4 Å². The third-order valence-electron chi connectivity index (χ3n) is 4.95. The first-order valence-electron chi connectivity index (χ1n) is 8.61. The van der Waals surface area contributed by atoms with Crippen LogP contribution in [0, 0.1) is 5.41 Å². The van der Waals surface area contributed by atoms with Crippen molar-refractivity contribution in [3.05, 3.63) is 24.3 Å². The van der Waals surface area contributed by atoms with Crippen molar-refractivity contribution in [1.82, 2.24) is 5.32 Å². The molecular weight excluding hydrogens is 356 g/mol. The van der Waals surface area contributed by atoms with E-state index in [2.05, 4.69) is 16.0 Å². The fourth-order valence-electron chi connectivity index (χ4n) is 3.07. The van der Waals surface area contributed by atoms with Crippen molar-refractivity contribution in [2.24, 2.45) is 11.1 Å². The Labute approximate surface area is 160 Å². The van der Waals surface area contributed by atoms with Crippen LogP contribution in [0.15, 0.2) is 24.3 Å². The van der Waals surface area contributed by atoms with Crippen molar-refractivity contribution in [1.29, 1.82) is 0 Å². The van der Waals surface area contributed by atoms with Crippen molar-refractivity contribution >= 4 is 35.7 Å². The van der Waals surface area contributed by atoms with Crippen LogP contribution in [-0.4, -0.2) is 36.7 Å². The lowest BCUT2D eigenvalue weighted by Crippen LogP contribution is -2.74. The van der Waals surface area contributed by atoms with E-state index < -0.39 is 11.0 Å². The molecule has 2 rings (SSSR count). The first-order chi connectivity index (χ1) is 11.7. The fourth-order valence-corrected chi connectivity index (χ4v) is 3.07. The van der Waals surface area contributed by atoms with Crippen molar-refractivity contribution in [3.63, 3.8) is 0 Å². The first kappa shape index (κ1) is 22.2. The summed E-state index contributed by atoms with van der Waals surface area (Å²) in [5.74, 6) is -0.247. The molecule has 1 fully saturated rings. The molecular formula is C18H29ClN4O3. The summed E-state index contributed by atoms with van der Waals surface area (Å²) in [4.78, 5) is 24.3. The minimum absolute atomic E-state index is 0. The predicted molar refractivity (Wildman–Crippen MR) is 106 cm³/mol. The number of nitrogens with one attached hydrogen (secondary N) is 3. The lowest BCUT2D eigenvalue weighted by atomic mass is 9.54. The van der Waals surface area contributed by atoms with Crippen LogP contribution in [0.25, 0.3) is 0 Å². The molecule has 1 aliphatic rings. The van der Waals surface area contributed by atoms with Crippen molar-refractivity contribution < 1.29 is 14.3 Å². The number of halogens is 1. The summed E-state index contributed by atoms with van der Waals surface area (Å²) in [6, 6.07) is 6.68. The maximum absolute atomic E-state index is 12.7. The molecule has 3 amide bonds. The summed E-state index contributed by atoms with van der Waals surface area (Å²) in [6.45, 7) is 8.80. The van der Waals surface area contributed by atoms with Crippen LogP contribution >= 0.6 is 12.4 Å². The van der Waals surface area contributed by atoms with Crippen LogP contribution < -0.4 is 21.7 Å². The summed E-state index contributed by atoms with van der Waals surface area (Å²) in [7, 11) is 0. The lowest BCUT2D eigenvalue weighted by Gasteiger charge is -2.57. The molecule has 0 bridgehead atoms. The van der Waals surface area contributed by atoms with Crippen LogP contribution in [0.5, 0.6) is 0 Å². The third-order valence-corrected chi connectivity index (χ3v) is 4.95. The minimum Gasteiger partial charge on any atom is -0.378 e. The Morgan fingerprint density at radius 3 is 2.38 bits per heavy atom. The van der Waals surface area contributed by atoms with E-state index in [9.17, 15) is 9.59 Å². The van der Waals surface area contributed by atoms with Gasteiger partial charge in [0.2, 0.25) is 5.91 Å². The van der Waals surface area contributed by atoms with E-state index in [1.54, 1.807) is 24.3 Å². The van der Waals surface area contributed by atoms with Gasteiger partial charge in [-0.3, -0.25) is 4.79 Å². The van der Waals surface area contributed by atoms with Crippen LogP contribution in [0.1, 0.15) is 34.1 Å². The van der Waals surface area contributed by atoms with Crippen LogP contribution in [0.2, 0.25) is 0 Å². The molecule has 0 radical (unpaired) electrons. The molecule has 8 heteroatoms. The van der Waals surface area contributed by atoms with Gasteiger partial charge in [-0.1, -0.05) is 19.9 Å². The summed E-state index contributed by atoms with van der Waals surface area (Å²) in [5, 5.41) is 8.22. The van der Waals surface area contributed by atoms with E-state index in [1.807, 2.05) is 27.7 Å². The van der Waals surface area contributed by atoms with E-state index >= 15 is 0 Å². The van der Waals surface area contributed by atoms with Gasteiger partial charge in [-0.2, -0.15) is 0 Å². The monoisotopic (exact) mass is 384 g/mol. The van der Waals surface area contributed by atoms with Gasteiger partial charge >= 0.3 is 6.03 Å². The normalized spacial score (nSPS) is 23.2. The molecule has 2 atom stereocenters. The van der Waals surface area contributed by atoms with E-state index in [0.29, 0.717) is 30.9 Å². The summed E-state index contributed by atoms with van der Waals surface area (Å²) in [5.41, 5.74) is 6.11. The summed E-state index contributed by atoms with van der Waals surface area (Å²) in [6.07, 6.45) is 0.454. The van der Waals surface area contributed by atoms with E-state index in [-0.39, 0.29) is 30.4 Å². The smallest absolute Gasteiger partial charge is 0.319 e. The molecule has 7 nitrogen and oxygen atoms in total. The van der Waals surface area contributed by atoms with Gasteiger partial charge in [0.05, 0.1) is 6.10 Å². The van der Waals surface area contributed by atoms with Crippen molar-refractivity contribution in [2.45, 2.75) is 45.8 Å². The highest BCUT2D eigenvalue weighted by molar-refractivity contribution is 6.00. The molecule has 0 heterocycles. The average molecular weight is 385 g/mol. The number of hydrogen-bond donors (Lipinski definition) is 4. The molecule has 26 heavy (non-hydrogen) atoms. The molecule has 0 aliphatic heterocycles. The highest BCUT2D eigenvalue weighted by atomic mass is 35.5. The molecule has 146 valence electrons. The SMILES string of the molecule is CCNC(=O)Nc1cccc(NC(=O)C2(N)CC(OCC)C2(C)C)c1.Cl. The van der Waals surface area contributed by atoms with Crippen LogP contribution in [0.3, 0.4) is 0 Å². The van der Waals surface area contributed by atoms with Gasteiger partial charge < -0.3 is 26.4 Å². The second-order valence-corrected chi connectivity index (χ2v) is 6.86. The molecule has 2 unspecified atom stereocenters. The molecule has 1 saturated carbocycles. The summed E-state index contributed by atoms with van der Waals surface area (Å²) >= 11 is 0. The molecule has 0 aromatic heterocycles. The zero-order valence-electron chi connectivity index (χ0n) is 15.7. The number of rotatable bonds is 6. The van der Waals surface area contributed by atoms with Gasteiger partial charge in [0.1, 0.15) is 5.54 Å². The molecule has 0 spiro atoms. The molecule has 1 aromatic rings. The maximum Gasteiger partial charge on any atom is 0.319 e. The largest absolute Gasteiger partial charge is 0.378 e. The maximum atomic E-state index is 12.7. The quantitative estimate of drug-likeness (QED) is 0.605. The van der Waals surface area contributed by atoms with Gasteiger partial charge in [0.25, 0.3) is 0 Å². The predicted octanol–water partition coefficient (Wildman–Crippen LogP) is 2.72. The van der Waals surface area contributed by atoms with Gasteiger partial charge in [-0.25, -0.2) is 4.79 Å². The minimum atomic E-state index is -0.990. The van der Waals surface area contributed by atoms with Gasteiger partial charge in [-0.15, -0.1) is 12.4 Å². The number of hydrogen-bond acceptors (Lipinski definition) is 4. The number of benzene rings is 1. The van der Waals surface area contributed by atoms with Gasteiger partial charge in [0.15, 0.2) is 0 Å². The highest BCUT2D eigenvalue weighted by Gasteiger charge is 2.62. The second-order valence-electron chi connectivity index (χ2n) is 6.86. The molecule has 1 aliphatic carbocycles. The van der Waals surface area contributed by atoms with E-state index in [1.165, 1.54) is 0 Å². The Hall–Kier alpha value is -1.83. The van der Waals surface area contributed by atoms with E-state index in [0.717, 1.165) is 0 Å². The fraction of sp³-hybridized carbons (Fsp3) is 0.556. The highest BCUT2D eigenvalue weighted by Crippen LogP contribution is 2.50. The number of amides is 3. The van der Waals surface area contributed by atoms with Crippen molar-refractivity contribution in [3.8, 4) is 0 Å². The third kappa shape index (κ3) is 4.28. The zero-order chi connectivity index (χ0) is 18.7. The standard InChI is InChI=1S/C18H28N4O3.ClH/c1-5-20-16(24)22-13-9-7-8-12(10-13)21-15(23)18(19)11-14(25-6-2)17(18,3)4;/h7-10,14H,5-6,11,19H2,1-4H3,(H,21,23)(H2,20,22,24);1H. The second kappa shape index (κ2) is 8.70. The van der Waals surface area contributed by atoms with Crippen LogP contribution in [0.4, 0.5) is 16.2 Å². The number of nitrogens with two attached hydrogens (primary N) is 1. The first-order valence-corrected chi connectivity index (χ1v) is 8.61. The average Bonchev–Trinajstić information content (AvgIpc) is 2.54. The number of ether oxygens (including phenoxy) is 1. The topological polar surface area (TPSA) is 105 Å². The molecule has 5 N–H and O–H groups in total. The zero-order valence-corrected chi connectivity index (χ0v) is 16.5.